The molecule has 3 aromatic rings. The zero-order chi connectivity index (χ0) is 35.8. The molecule has 4 amide bonds. The molecule has 4 fully saturated rings. The monoisotopic (exact) mass is 823 g/mol. The number of benzene rings is 3. The first-order valence-electron chi connectivity index (χ1n) is 17.4. The van der Waals surface area contributed by atoms with Gasteiger partial charge in [0.25, 0.3) is 11.8 Å². The van der Waals surface area contributed by atoms with Gasteiger partial charge in [-0.2, -0.15) is 5.01 Å². The second-order valence-electron chi connectivity index (χ2n) is 14.3. The number of methoxy groups -OCH3 is 1. The Labute approximate surface area is 313 Å². The Balaban J connectivity index is 1.33. The number of hydrazine groups is 1. The van der Waals surface area contributed by atoms with Crippen LogP contribution in [0.1, 0.15) is 62.0 Å². The summed E-state index contributed by atoms with van der Waals surface area (Å²) in [7, 11) is 1.45. The van der Waals surface area contributed by atoms with Crippen molar-refractivity contribution >= 4 is 63.5 Å². The van der Waals surface area contributed by atoms with E-state index in [1.165, 1.54) is 36.3 Å². The number of hydrogen-bond donors (Lipinski definition) is 2. The average molecular weight is 824 g/mol. The summed E-state index contributed by atoms with van der Waals surface area (Å²) in [5, 5.41) is 12.4. The summed E-state index contributed by atoms with van der Waals surface area (Å²) in [6, 6.07) is 15.6. The molecule has 3 aliphatic carbocycles. The van der Waals surface area contributed by atoms with Crippen molar-refractivity contribution in [3.05, 3.63) is 97.8 Å². The van der Waals surface area contributed by atoms with Gasteiger partial charge in [0, 0.05) is 17.0 Å². The number of nitrogens with zero attached hydrogens (tertiary/aromatic N) is 2. The number of fused-ring (bicyclic) bond motifs is 4. The van der Waals surface area contributed by atoms with Crippen molar-refractivity contribution in [2.24, 2.45) is 23.7 Å². The summed E-state index contributed by atoms with van der Waals surface area (Å²) >= 11 is 8.40. The van der Waals surface area contributed by atoms with Crippen LogP contribution in [0.4, 0.5) is 10.1 Å². The van der Waals surface area contributed by atoms with E-state index in [0.29, 0.717) is 31.8 Å². The Morgan fingerprint density at radius 3 is 2.33 bits per heavy atom. The predicted octanol–water partition coefficient (Wildman–Crippen LogP) is 7.12. The molecule has 2 N–H and O–H groups in total. The van der Waals surface area contributed by atoms with Crippen molar-refractivity contribution in [3.63, 3.8) is 0 Å². The number of amides is 4. The second-order valence-corrected chi connectivity index (χ2v) is 15.9. The molecule has 0 aromatic heterocycles. The van der Waals surface area contributed by atoms with Crippen LogP contribution in [-0.4, -0.2) is 51.8 Å². The quantitative estimate of drug-likeness (QED) is 0.155. The lowest BCUT2D eigenvalue weighted by atomic mass is 9.49. The summed E-state index contributed by atoms with van der Waals surface area (Å²) in [6.07, 6.45) is 7.08. The molecule has 2 aliphatic heterocycles. The minimum absolute atomic E-state index is 0.0582. The van der Waals surface area contributed by atoms with Crippen LogP contribution < -0.4 is 10.2 Å². The van der Waals surface area contributed by atoms with Gasteiger partial charge < -0.3 is 9.84 Å². The van der Waals surface area contributed by atoms with E-state index in [-0.39, 0.29) is 35.8 Å². The number of carbonyl (C=O) groups is 4. The van der Waals surface area contributed by atoms with Crippen LogP contribution in [0, 0.1) is 33.1 Å². The molecular formula is C39H36ClFIN3O6. The van der Waals surface area contributed by atoms with Gasteiger partial charge in [-0.15, -0.1) is 0 Å². The Hall–Kier alpha value is -3.97. The van der Waals surface area contributed by atoms with Crippen LogP contribution in [0.25, 0.3) is 0 Å². The maximum Gasteiger partial charge on any atom is 0.260 e. The Kier molecular flexibility index (Phi) is 8.64. The zero-order valence-corrected chi connectivity index (χ0v) is 30.7. The Bertz CT molecular complexity index is 1980. The molecule has 0 spiro atoms. The minimum Gasteiger partial charge on any atom is -0.504 e. The second kappa shape index (κ2) is 12.9. The van der Waals surface area contributed by atoms with Crippen LogP contribution in [0.2, 0.25) is 5.02 Å². The lowest BCUT2D eigenvalue weighted by Gasteiger charge is -2.50. The van der Waals surface area contributed by atoms with Gasteiger partial charge in [0.15, 0.2) is 11.5 Å². The van der Waals surface area contributed by atoms with Crippen LogP contribution in [-0.2, 0) is 24.6 Å². The molecule has 8 rings (SSSR count). The number of phenolic OH excluding ortho intramolecular Hbond substituents is 1. The molecule has 3 aromatic carbocycles. The van der Waals surface area contributed by atoms with Crippen LogP contribution in [0.5, 0.6) is 11.5 Å². The van der Waals surface area contributed by atoms with E-state index in [4.69, 9.17) is 16.3 Å². The van der Waals surface area contributed by atoms with Gasteiger partial charge in [-0.25, -0.2) is 4.39 Å². The smallest absolute Gasteiger partial charge is 0.260 e. The van der Waals surface area contributed by atoms with E-state index in [1.807, 2.05) is 28.7 Å². The van der Waals surface area contributed by atoms with E-state index in [1.54, 1.807) is 36.4 Å². The predicted molar refractivity (Wildman–Crippen MR) is 195 cm³/mol. The van der Waals surface area contributed by atoms with Gasteiger partial charge in [0.05, 0.1) is 39.5 Å². The molecule has 264 valence electrons. The maximum absolute atomic E-state index is 15.3. The molecule has 0 bridgehead atoms. The standard InChI is InChI=1S/C39H36ClFIN3O6/c1-51-31-18-20(17-30(42)34(31)46)33-26-15-16-27-32(37(49)44(35(27)47)25-5-3-2-4-6-25)28(26)19-29-36(48)45(43-24-13-11-23(41)12-14-24)38(50)39(29,33)21-7-9-22(40)10-8-21/h7-15,17-18,25,27-29,32-33,43,46H,2-6,16,19H2,1H3. The summed E-state index contributed by atoms with van der Waals surface area (Å²) in [5.74, 6) is -5.17. The van der Waals surface area contributed by atoms with Crippen LogP contribution in [0.3, 0.4) is 0 Å². The fraction of sp³-hybridized carbons (Fsp3) is 0.385. The molecule has 51 heavy (non-hydrogen) atoms. The van der Waals surface area contributed by atoms with Crippen molar-refractivity contribution in [2.45, 2.75) is 62.3 Å². The normalized spacial score (nSPS) is 29.1. The van der Waals surface area contributed by atoms with Crippen molar-refractivity contribution < 1.29 is 33.4 Å². The van der Waals surface area contributed by atoms with E-state index in [0.717, 1.165) is 42.7 Å². The third kappa shape index (κ3) is 5.20. The summed E-state index contributed by atoms with van der Waals surface area (Å²) < 4.78 is 20.0. The van der Waals surface area contributed by atoms with Crippen LogP contribution in [0.15, 0.2) is 72.3 Å². The zero-order valence-electron chi connectivity index (χ0n) is 27.8. The van der Waals surface area contributed by atoms with Crippen molar-refractivity contribution in [1.29, 1.82) is 0 Å². The third-order valence-corrected chi connectivity index (χ3v) is 12.9. The molecule has 0 radical (unpaired) electrons. The SMILES string of the molecule is COc1cc(C2C3=CCC4C(=O)N(C5CCCCC5)C(=O)C4C3CC3C(=O)N(Nc4ccc(F)cc4)C(=O)C32c2ccc(Cl)cc2)cc(I)c1O. The third-order valence-electron chi connectivity index (χ3n) is 11.8. The first kappa shape index (κ1) is 34.1. The Morgan fingerprint density at radius 1 is 0.941 bits per heavy atom. The van der Waals surface area contributed by atoms with Crippen molar-refractivity contribution in [3.8, 4) is 11.5 Å². The number of rotatable bonds is 6. The van der Waals surface area contributed by atoms with Crippen molar-refractivity contribution in [1.82, 2.24) is 9.91 Å². The number of aromatic hydroxyl groups is 1. The largest absolute Gasteiger partial charge is 0.504 e. The molecule has 6 unspecified atom stereocenters. The van der Waals surface area contributed by atoms with Crippen LogP contribution >= 0.6 is 34.2 Å². The molecule has 9 nitrogen and oxygen atoms in total. The molecule has 2 saturated heterocycles. The number of hydrogen-bond acceptors (Lipinski definition) is 7. The molecule has 2 saturated carbocycles. The lowest BCUT2D eigenvalue weighted by molar-refractivity contribution is -0.144. The molecule has 12 heteroatoms. The summed E-state index contributed by atoms with van der Waals surface area (Å²) in [6.45, 7) is 0. The number of halogens is 3. The summed E-state index contributed by atoms with van der Waals surface area (Å²) in [5.41, 5.74) is 3.77. The van der Waals surface area contributed by atoms with Gasteiger partial charge in [-0.05, 0) is 114 Å². The fourth-order valence-electron chi connectivity index (χ4n) is 9.67. The van der Waals surface area contributed by atoms with E-state index in [9.17, 15) is 23.9 Å². The molecule has 5 aliphatic rings. The van der Waals surface area contributed by atoms with Gasteiger partial charge in [0.1, 0.15) is 5.82 Å². The molecule has 2 heterocycles. The highest BCUT2D eigenvalue weighted by atomic mass is 127. The highest BCUT2D eigenvalue weighted by Crippen LogP contribution is 2.64. The first-order valence-corrected chi connectivity index (χ1v) is 18.8. The van der Waals surface area contributed by atoms with Gasteiger partial charge in [0.2, 0.25) is 11.8 Å². The van der Waals surface area contributed by atoms with E-state index >= 15 is 4.79 Å². The first-order chi connectivity index (χ1) is 24.6. The summed E-state index contributed by atoms with van der Waals surface area (Å²) in [4.78, 5) is 60.2. The van der Waals surface area contributed by atoms with Gasteiger partial charge in [-0.1, -0.05) is 54.6 Å². The van der Waals surface area contributed by atoms with Crippen molar-refractivity contribution in [2.75, 3.05) is 12.5 Å². The van der Waals surface area contributed by atoms with Gasteiger partial charge in [-0.3, -0.25) is 29.5 Å². The topological polar surface area (TPSA) is 116 Å². The maximum atomic E-state index is 15.3. The number of carbonyl (C=O) groups excluding carboxylic acids is 4. The lowest BCUT2D eigenvalue weighted by Crippen LogP contribution is -2.53. The van der Waals surface area contributed by atoms with Gasteiger partial charge >= 0.3 is 0 Å². The number of allylic oxidation sites excluding steroid dienone is 2. The average Bonchev–Trinajstić information content (AvgIpc) is 3.51. The Morgan fingerprint density at radius 2 is 1.65 bits per heavy atom. The number of nitrogens with one attached hydrogen (secondary N) is 1. The molecule has 6 atom stereocenters. The number of imide groups is 2. The fourth-order valence-corrected chi connectivity index (χ4v) is 10.4. The minimum atomic E-state index is -1.52. The number of likely N-dealkylation sites (tertiary alicyclic amines) is 1. The molecular weight excluding hydrogens is 788 g/mol. The number of ether oxygens (including phenoxy) is 1. The van der Waals surface area contributed by atoms with E-state index < -0.39 is 52.6 Å². The highest BCUT2D eigenvalue weighted by molar-refractivity contribution is 14.1. The highest BCUT2D eigenvalue weighted by Gasteiger charge is 2.70. The van der Waals surface area contributed by atoms with E-state index in [2.05, 4.69) is 5.43 Å². The number of phenols is 1. The number of anilines is 1.